The molecule has 3 unspecified atom stereocenters. The Hall–Kier alpha value is -1.40. The number of nitrogens with one attached hydrogen (secondary N) is 1. The highest BCUT2D eigenvalue weighted by Gasteiger charge is 2.72. The van der Waals surface area contributed by atoms with E-state index in [1.54, 1.807) is 13.8 Å². The lowest BCUT2D eigenvalue weighted by Crippen LogP contribution is -2.68. The Bertz CT molecular complexity index is 1140. The van der Waals surface area contributed by atoms with Gasteiger partial charge in [0.2, 0.25) is 0 Å². The first kappa shape index (κ1) is 30.1. The molecule has 0 amide bonds. The fourth-order valence-electron chi connectivity index (χ4n) is 11.1. The predicted molar refractivity (Wildman–Crippen MR) is 155 cm³/mol. The lowest BCUT2D eigenvalue weighted by molar-refractivity contribution is -0.221. The number of halogens is 1. The molecule has 0 spiro atoms. The van der Waals surface area contributed by atoms with Crippen molar-refractivity contribution in [2.45, 2.75) is 119 Å². The van der Waals surface area contributed by atoms with Crippen molar-refractivity contribution in [1.82, 2.24) is 4.84 Å². The molecule has 7 heteroatoms. The van der Waals surface area contributed by atoms with Gasteiger partial charge in [-0.25, -0.2) is 4.84 Å². The normalized spacial score (nSPS) is 50.8. The number of hydrogen-bond donors (Lipinski definition) is 2. The third-order valence-electron chi connectivity index (χ3n) is 14.0. The number of carboxylic acids is 1. The largest absolute Gasteiger partial charge is 0.481 e. The van der Waals surface area contributed by atoms with E-state index in [1.165, 1.54) is 24.8 Å². The van der Waals surface area contributed by atoms with Gasteiger partial charge in [0.25, 0.3) is 0 Å². The number of carbonyl (C=O) groups excluding carboxylic acids is 2. The summed E-state index contributed by atoms with van der Waals surface area (Å²) in [6.45, 7) is 17.5. The number of fused-ring (bicyclic) bond motifs is 7. The fourth-order valence-corrected chi connectivity index (χ4v) is 11.2. The molecular formula is C33H50ClNO5. The van der Waals surface area contributed by atoms with Crippen LogP contribution in [0, 0.1) is 56.7 Å². The number of carbonyl (C=O) groups is 3. The summed E-state index contributed by atoms with van der Waals surface area (Å²) in [6, 6.07) is -0.743. The van der Waals surface area contributed by atoms with Crippen molar-refractivity contribution in [3.63, 3.8) is 0 Å². The van der Waals surface area contributed by atoms with E-state index in [1.807, 2.05) is 0 Å². The summed E-state index contributed by atoms with van der Waals surface area (Å²) in [6.07, 6.45) is 8.58. The monoisotopic (exact) mass is 575 g/mol. The van der Waals surface area contributed by atoms with Gasteiger partial charge in [0.1, 0.15) is 17.6 Å². The average Bonchev–Trinajstić information content (AvgIpc) is 2.88. The highest BCUT2D eigenvalue weighted by Crippen LogP contribution is 2.75. The van der Waals surface area contributed by atoms with Crippen molar-refractivity contribution < 1.29 is 24.2 Å². The van der Waals surface area contributed by atoms with Gasteiger partial charge >= 0.3 is 11.9 Å². The van der Waals surface area contributed by atoms with Crippen molar-refractivity contribution in [1.29, 1.82) is 0 Å². The Morgan fingerprint density at radius 3 is 2.33 bits per heavy atom. The number of ether oxygens (including phenoxy) is 1. The molecule has 5 aliphatic rings. The quantitative estimate of drug-likeness (QED) is 0.278. The van der Waals surface area contributed by atoms with Crippen molar-refractivity contribution in [2.75, 3.05) is 0 Å². The molecule has 0 aliphatic heterocycles. The number of ketones is 1. The highest BCUT2D eigenvalue weighted by molar-refractivity contribution is 6.14. The van der Waals surface area contributed by atoms with Crippen LogP contribution in [0.4, 0.5) is 0 Å². The molecule has 0 heterocycles. The van der Waals surface area contributed by atoms with Gasteiger partial charge in [-0.2, -0.15) is 0 Å². The van der Waals surface area contributed by atoms with E-state index < -0.39 is 34.9 Å². The molecule has 6 nitrogen and oxygen atoms in total. The van der Waals surface area contributed by atoms with Gasteiger partial charge in [-0.3, -0.25) is 14.4 Å². The van der Waals surface area contributed by atoms with Crippen LogP contribution in [0.15, 0.2) is 11.6 Å². The maximum Gasteiger partial charge on any atom is 0.324 e. The maximum absolute atomic E-state index is 14.5. The molecule has 0 radical (unpaired) electrons. The molecule has 5 rings (SSSR count). The Morgan fingerprint density at radius 2 is 1.70 bits per heavy atom. The lowest BCUT2D eigenvalue weighted by atomic mass is 9.33. The molecule has 5 aliphatic carbocycles. The van der Waals surface area contributed by atoms with Gasteiger partial charge in [0, 0.05) is 5.92 Å². The number of esters is 1. The smallest absolute Gasteiger partial charge is 0.324 e. The average molecular weight is 576 g/mol. The van der Waals surface area contributed by atoms with Gasteiger partial charge in [-0.15, -0.1) is 0 Å². The Balaban J connectivity index is 1.57. The van der Waals surface area contributed by atoms with Crippen LogP contribution >= 0.6 is 11.8 Å². The maximum atomic E-state index is 14.5. The van der Waals surface area contributed by atoms with Crippen LogP contribution in [-0.2, 0) is 19.1 Å². The molecular weight excluding hydrogens is 526 g/mol. The van der Waals surface area contributed by atoms with Crippen molar-refractivity contribution in [3.05, 3.63) is 11.6 Å². The zero-order valence-corrected chi connectivity index (χ0v) is 26.5. The number of hydrogen-bond acceptors (Lipinski definition) is 5. The van der Waals surface area contributed by atoms with Crippen LogP contribution in [-0.4, -0.2) is 35.0 Å². The molecule has 0 aromatic heterocycles. The molecule has 4 saturated carbocycles. The van der Waals surface area contributed by atoms with E-state index in [4.69, 9.17) is 16.5 Å². The van der Waals surface area contributed by atoms with E-state index in [2.05, 4.69) is 52.5 Å². The second-order valence-corrected chi connectivity index (χ2v) is 15.9. The number of carboxylic acid groups (broad SMARTS) is 1. The summed E-state index contributed by atoms with van der Waals surface area (Å²) in [7, 11) is 0. The summed E-state index contributed by atoms with van der Waals surface area (Å²) < 4.78 is 5.84. The van der Waals surface area contributed by atoms with Crippen LogP contribution in [0.25, 0.3) is 0 Å². The van der Waals surface area contributed by atoms with Gasteiger partial charge in [0.15, 0.2) is 5.78 Å². The van der Waals surface area contributed by atoms with Crippen LogP contribution in [0.1, 0.15) is 107 Å². The summed E-state index contributed by atoms with van der Waals surface area (Å²) in [5.74, 6) is -0.263. The van der Waals surface area contributed by atoms with E-state index in [9.17, 15) is 19.5 Å². The van der Waals surface area contributed by atoms with E-state index >= 15 is 0 Å². The van der Waals surface area contributed by atoms with E-state index in [0.29, 0.717) is 37.0 Å². The predicted octanol–water partition coefficient (Wildman–Crippen LogP) is 6.95. The molecule has 12 atom stereocenters. The first-order valence-corrected chi connectivity index (χ1v) is 15.9. The minimum atomic E-state index is -1.29. The topological polar surface area (TPSA) is 92.7 Å². The second-order valence-electron chi connectivity index (χ2n) is 15.7. The summed E-state index contributed by atoms with van der Waals surface area (Å²) in [5.41, 5.74) is -0.522. The van der Waals surface area contributed by atoms with Crippen molar-refractivity contribution >= 4 is 29.5 Å². The van der Waals surface area contributed by atoms with E-state index in [0.717, 1.165) is 12.8 Å². The van der Waals surface area contributed by atoms with Gasteiger partial charge in [0.05, 0.1) is 0 Å². The Labute approximate surface area is 245 Å². The number of rotatable bonds is 4. The SMILES string of the molecule is C[C@H](NCl)C(=O)O[C@@H]1CC[C@@]2(C)C(CC[C@]3(C)C2C(=O)C=C2C4[C@@H](C)[C@H](C)CC[C@]4(C)CC[C@]23C)[C@@]1(C)C(=O)O. The third kappa shape index (κ3) is 3.79. The zero-order chi connectivity index (χ0) is 29.6. The van der Waals surface area contributed by atoms with Gasteiger partial charge < -0.3 is 9.84 Å². The highest BCUT2D eigenvalue weighted by atomic mass is 35.5. The summed E-state index contributed by atoms with van der Waals surface area (Å²) in [5, 5.41) is 10.7. The molecule has 4 fully saturated rings. The Kier molecular flexibility index (Phi) is 7.18. The van der Waals surface area contributed by atoms with Crippen LogP contribution in [0.5, 0.6) is 0 Å². The zero-order valence-electron chi connectivity index (χ0n) is 25.7. The van der Waals surface area contributed by atoms with Crippen molar-refractivity contribution in [2.24, 2.45) is 56.7 Å². The lowest BCUT2D eigenvalue weighted by Gasteiger charge is -2.70. The van der Waals surface area contributed by atoms with Crippen LogP contribution < -0.4 is 4.84 Å². The molecule has 2 N–H and O–H groups in total. The first-order valence-electron chi connectivity index (χ1n) is 15.6. The summed E-state index contributed by atoms with van der Waals surface area (Å²) in [4.78, 5) is 42.6. The number of allylic oxidation sites excluding steroid dienone is 2. The molecule has 40 heavy (non-hydrogen) atoms. The molecule has 0 saturated heterocycles. The van der Waals surface area contributed by atoms with Crippen molar-refractivity contribution in [3.8, 4) is 0 Å². The minimum Gasteiger partial charge on any atom is -0.481 e. The molecule has 224 valence electrons. The third-order valence-corrected chi connectivity index (χ3v) is 14.3. The second kappa shape index (κ2) is 9.56. The molecule has 0 bridgehead atoms. The molecule has 0 aromatic carbocycles. The number of aliphatic carboxylic acids is 1. The standard InChI is InChI=1S/C33H50ClNO5/c1-18-9-12-29(4)15-16-31(6)21(25(29)19(18)2)17-22(36)26-30(5)13-11-24(40-27(37)20(3)35-34)33(8,28(38)39)23(30)10-14-32(26,31)7/h17-20,23-26,35H,9-16H2,1-8H3,(H,38,39)/t18-,19+,20+,23?,24-,25?,26?,29-,30+,31-,32-,33-/m1/s1. The fraction of sp³-hybridized carbons (Fsp3) is 0.848. The van der Waals surface area contributed by atoms with E-state index in [-0.39, 0.29) is 33.9 Å². The summed E-state index contributed by atoms with van der Waals surface area (Å²) >= 11 is 5.67. The Morgan fingerprint density at radius 1 is 1.02 bits per heavy atom. The van der Waals surface area contributed by atoms with Crippen LogP contribution in [0.2, 0.25) is 0 Å². The van der Waals surface area contributed by atoms with Gasteiger partial charge in [-0.05, 0) is 128 Å². The molecule has 0 aromatic rings. The first-order chi connectivity index (χ1) is 18.5. The minimum absolute atomic E-state index is 0.0978. The van der Waals surface area contributed by atoms with Gasteiger partial charge in [-0.1, -0.05) is 47.1 Å². The van der Waals surface area contributed by atoms with Crippen LogP contribution in [0.3, 0.4) is 0 Å².